The molecule has 0 spiro atoms. The molecule has 140 valence electrons. The number of hydrogen-bond acceptors (Lipinski definition) is 5. The molecule has 1 fully saturated rings. The number of carbonyl (C=O) groups excluding carboxylic acids is 2. The number of hydrogen-bond donors (Lipinski definition) is 1. The van der Waals surface area contributed by atoms with Crippen LogP contribution < -0.4 is 5.32 Å². The highest BCUT2D eigenvalue weighted by Gasteiger charge is 2.38. The molecule has 1 aromatic rings. The van der Waals surface area contributed by atoms with Crippen molar-refractivity contribution in [3.8, 4) is 0 Å². The Kier molecular flexibility index (Phi) is 6.26. The Morgan fingerprint density at radius 1 is 1.40 bits per heavy atom. The van der Waals surface area contributed by atoms with Crippen molar-refractivity contribution in [2.45, 2.75) is 45.7 Å². The first-order valence-electron chi connectivity index (χ1n) is 8.60. The molecule has 1 N–H and O–H groups in total. The molecule has 0 aromatic carbocycles. The third-order valence-electron chi connectivity index (χ3n) is 4.36. The molecular weight excluding hydrogens is 344 g/mol. The van der Waals surface area contributed by atoms with Gasteiger partial charge in [0, 0.05) is 12.6 Å². The monoisotopic (exact) mass is 370 g/mol. The van der Waals surface area contributed by atoms with Gasteiger partial charge in [0.05, 0.1) is 17.8 Å². The standard InChI is InChI=1S/C17H26N2O5S/c1-4-8-19(13-7-10-25(22,23)11-13)17(21)15(12(2)3)18-16(20)14-6-5-9-24-14/h5-6,9,12-13,15H,4,7-8,10-11H2,1-3H3,(H,18,20)/t13-,15+/m0/s1. The molecule has 2 atom stereocenters. The van der Waals surface area contributed by atoms with Gasteiger partial charge in [-0.25, -0.2) is 8.42 Å². The maximum Gasteiger partial charge on any atom is 0.287 e. The van der Waals surface area contributed by atoms with Crippen molar-refractivity contribution in [3.63, 3.8) is 0 Å². The van der Waals surface area contributed by atoms with E-state index >= 15 is 0 Å². The minimum atomic E-state index is -3.09. The molecule has 1 aliphatic heterocycles. The van der Waals surface area contributed by atoms with Crippen LogP contribution in [-0.4, -0.2) is 55.3 Å². The van der Waals surface area contributed by atoms with E-state index in [1.54, 1.807) is 11.0 Å². The van der Waals surface area contributed by atoms with Gasteiger partial charge in [-0.2, -0.15) is 0 Å². The van der Waals surface area contributed by atoms with Gasteiger partial charge in [-0.3, -0.25) is 9.59 Å². The van der Waals surface area contributed by atoms with Crippen molar-refractivity contribution in [1.29, 1.82) is 0 Å². The van der Waals surface area contributed by atoms with Crippen LogP contribution in [0.25, 0.3) is 0 Å². The molecule has 0 saturated carbocycles. The van der Waals surface area contributed by atoms with Crippen molar-refractivity contribution in [2.75, 3.05) is 18.1 Å². The Hall–Kier alpha value is -1.83. The Balaban J connectivity index is 2.16. The predicted molar refractivity (Wildman–Crippen MR) is 93.9 cm³/mol. The topological polar surface area (TPSA) is 96.7 Å². The minimum Gasteiger partial charge on any atom is -0.459 e. The molecule has 0 unspecified atom stereocenters. The zero-order chi connectivity index (χ0) is 18.6. The normalized spacial score (nSPS) is 20.4. The van der Waals surface area contributed by atoms with Crippen LogP contribution in [0.15, 0.2) is 22.8 Å². The first-order chi connectivity index (χ1) is 11.7. The largest absolute Gasteiger partial charge is 0.459 e. The maximum atomic E-state index is 13.1. The second kappa shape index (κ2) is 8.03. The quantitative estimate of drug-likeness (QED) is 0.784. The SMILES string of the molecule is CCCN(C(=O)[C@H](NC(=O)c1ccco1)C(C)C)[C@H]1CCS(=O)(=O)C1. The molecule has 2 amide bonds. The van der Waals surface area contributed by atoms with Gasteiger partial charge in [0.2, 0.25) is 5.91 Å². The number of furan rings is 1. The lowest BCUT2D eigenvalue weighted by Gasteiger charge is -2.33. The Morgan fingerprint density at radius 3 is 2.60 bits per heavy atom. The van der Waals surface area contributed by atoms with Crippen LogP contribution in [0.1, 0.15) is 44.2 Å². The number of amides is 2. The summed E-state index contributed by atoms with van der Waals surface area (Å²) >= 11 is 0. The lowest BCUT2D eigenvalue weighted by Crippen LogP contribution is -2.54. The zero-order valence-electron chi connectivity index (χ0n) is 14.9. The predicted octanol–water partition coefficient (Wildman–Crippen LogP) is 1.46. The van der Waals surface area contributed by atoms with Crippen LogP contribution in [-0.2, 0) is 14.6 Å². The minimum absolute atomic E-state index is 0.00428. The van der Waals surface area contributed by atoms with E-state index in [0.29, 0.717) is 13.0 Å². The first-order valence-corrected chi connectivity index (χ1v) is 10.4. The van der Waals surface area contributed by atoms with E-state index in [2.05, 4.69) is 5.32 Å². The fourth-order valence-corrected chi connectivity index (χ4v) is 4.78. The van der Waals surface area contributed by atoms with E-state index < -0.39 is 21.8 Å². The second-order valence-corrected chi connectivity index (χ2v) is 8.99. The molecule has 1 aliphatic rings. The Morgan fingerprint density at radius 2 is 2.12 bits per heavy atom. The van der Waals surface area contributed by atoms with Gasteiger partial charge in [-0.15, -0.1) is 0 Å². The van der Waals surface area contributed by atoms with Gasteiger partial charge in [0.15, 0.2) is 15.6 Å². The van der Waals surface area contributed by atoms with Gasteiger partial charge in [0.25, 0.3) is 5.91 Å². The van der Waals surface area contributed by atoms with Crippen LogP contribution in [0.3, 0.4) is 0 Å². The number of nitrogens with zero attached hydrogens (tertiary/aromatic N) is 1. The Bertz CT molecular complexity index is 697. The summed E-state index contributed by atoms with van der Waals surface area (Å²) in [6.07, 6.45) is 2.57. The van der Waals surface area contributed by atoms with Crippen LogP contribution in [0.4, 0.5) is 0 Å². The van der Waals surface area contributed by atoms with E-state index in [4.69, 9.17) is 4.42 Å². The van der Waals surface area contributed by atoms with Crippen molar-refractivity contribution in [3.05, 3.63) is 24.2 Å². The van der Waals surface area contributed by atoms with E-state index in [9.17, 15) is 18.0 Å². The summed E-state index contributed by atoms with van der Waals surface area (Å²) in [6.45, 7) is 6.11. The van der Waals surface area contributed by atoms with Crippen LogP contribution in [0.2, 0.25) is 0 Å². The van der Waals surface area contributed by atoms with Gasteiger partial charge in [-0.1, -0.05) is 20.8 Å². The molecule has 25 heavy (non-hydrogen) atoms. The molecule has 1 saturated heterocycles. The highest BCUT2D eigenvalue weighted by Crippen LogP contribution is 2.20. The van der Waals surface area contributed by atoms with E-state index in [1.807, 2.05) is 20.8 Å². The molecular formula is C17H26N2O5S. The smallest absolute Gasteiger partial charge is 0.287 e. The molecule has 0 aliphatic carbocycles. The molecule has 2 heterocycles. The average Bonchev–Trinajstić information content (AvgIpc) is 3.18. The summed E-state index contributed by atoms with van der Waals surface area (Å²) in [5.41, 5.74) is 0. The zero-order valence-corrected chi connectivity index (χ0v) is 15.7. The first kappa shape index (κ1) is 19.5. The lowest BCUT2D eigenvalue weighted by molar-refractivity contribution is -0.136. The van der Waals surface area contributed by atoms with E-state index in [0.717, 1.165) is 6.42 Å². The van der Waals surface area contributed by atoms with Crippen LogP contribution in [0.5, 0.6) is 0 Å². The number of nitrogens with one attached hydrogen (secondary N) is 1. The van der Waals surface area contributed by atoms with Gasteiger partial charge in [-0.05, 0) is 30.9 Å². The highest BCUT2D eigenvalue weighted by molar-refractivity contribution is 7.91. The van der Waals surface area contributed by atoms with Gasteiger partial charge < -0.3 is 14.6 Å². The molecule has 2 rings (SSSR count). The van der Waals surface area contributed by atoms with Crippen LogP contribution in [0, 0.1) is 5.92 Å². The van der Waals surface area contributed by atoms with Gasteiger partial charge in [0.1, 0.15) is 6.04 Å². The number of carbonyl (C=O) groups is 2. The van der Waals surface area contributed by atoms with Crippen molar-refractivity contribution in [1.82, 2.24) is 10.2 Å². The summed E-state index contributed by atoms with van der Waals surface area (Å²) in [5.74, 6) is -0.578. The number of rotatable bonds is 7. The third kappa shape index (κ3) is 4.84. The summed E-state index contributed by atoms with van der Waals surface area (Å²) in [5, 5.41) is 2.73. The van der Waals surface area contributed by atoms with Crippen LogP contribution >= 0.6 is 0 Å². The lowest BCUT2D eigenvalue weighted by atomic mass is 10.0. The van der Waals surface area contributed by atoms with Crippen molar-refractivity contribution in [2.24, 2.45) is 5.92 Å². The maximum absolute atomic E-state index is 13.1. The number of sulfone groups is 1. The molecule has 8 heteroatoms. The second-order valence-electron chi connectivity index (χ2n) is 6.76. The summed E-state index contributed by atoms with van der Waals surface area (Å²) in [6, 6.07) is 2.09. The van der Waals surface area contributed by atoms with Crippen molar-refractivity contribution >= 4 is 21.7 Å². The van der Waals surface area contributed by atoms with E-state index in [-0.39, 0.29) is 35.1 Å². The fourth-order valence-electron chi connectivity index (χ4n) is 3.05. The van der Waals surface area contributed by atoms with Crippen molar-refractivity contribution < 1.29 is 22.4 Å². The van der Waals surface area contributed by atoms with Gasteiger partial charge >= 0.3 is 0 Å². The summed E-state index contributed by atoms with van der Waals surface area (Å²) < 4.78 is 28.7. The molecule has 0 bridgehead atoms. The summed E-state index contributed by atoms with van der Waals surface area (Å²) in [4.78, 5) is 26.9. The summed E-state index contributed by atoms with van der Waals surface area (Å²) in [7, 11) is -3.09. The third-order valence-corrected chi connectivity index (χ3v) is 6.11. The molecule has 0 radical (unpaired) electrons. The Labute approximate surface area is 148 Å². The average molecular weight is 370 g/mol. The highest BCUT2D eigenvalue weighted by atomic mass is 32.2. The molecule has 7 nitrogen and oxygen atoms in total. The fraction of sp³-hybridized carbons (Fsp3) is 0.647. The molecule has 1 aromatic heterocycles. The van der Waals surface area contributed by atoms with E-state index in [1.165, 1.54) is 12.3 Å².